The highest BCUT2D eigenvalue weighted by Crippen LogP contribution is 2.14. The first kappa shape index (κ1) is 12.8. The van der Waals surface area contributed by atoms with Gasteiger partial charge < -0.3 is 15.2 Å². The highest BCUT2D eigenvalue weighted by atomic mass is 16.2. The standard InChI is InChI=1S/C13H19N3O2/c1-2-16-6-4-10(9-16)7-15-13(18)11-8-14-5-3-12(11)17/h3,5,8,10H,2,4,6-7,9H2,1H3,(H,14,17)(H,15,18). The van der Waals surface area contributed by atoms with Gasteiger partial charge in [0.15, 0.2) is 5.43 Å². The third kappa shape index (κ3) is 2.98. The second kappa shape index (κ2) is 5.82. The molecule has 1 unspecified atom stereocenters. The first-order valence-electron chi connectivity index (χ1n) is 6.38. The van der Waals surface area contributed by atoms with Crippen molar-refractivity contribution in [2.24, 2.45) is 5.92 Å². The number of amides is 1. The third-order valence-corrected chi connectivity index (χ3v) is 3.44. The smallest absolute Gasteiger partial charge is 0.256 e. The molecular weight excluding hydrogens is 230 g/mol. The second-order valence-electron chi connectivity index (χ2n) is 4.68. The van der Waals surface area contributed by atoms with Gasteiger partial charge in [-0.05, 0) is 25.4 Å². The van der Waals surface area contributed by atoms with E-state index in [0.717, 1.165) is 26.1 Å². The summed E-state index contributed by atoms with van der Waals surface area (Å²) in [5, 5.41) is 2.84. The summed E-state index contributed by atoms with van der Waals surface area (Å²) >= 11 is 0. The van der Waals surface area contributed by atoms with E-state index in [9.17, 15) is 9.59 Å². The van der Waals surface area contributed by atoms with E-state index in [1.54, 1.807) is 0 Å². The maximum atomic E-state index is 11.8. The second-order valence-corrected chi connectivity index (χ2v) is 4.68. The van der Waals surface area contributed by atoms with Crippen molar-refractivity contribution in [3.8, 4) is 0 Å². The normalized spacial score (nSPS) is 19.9. The van der Waals surface area contributed by atoms with Crippen LogP contribution in [-0.4, -0.2) is 42.0 Å². The molecule has 1 fully saturated rings. The van der Waals surface area contributed by atoms with Crippen molar-refractivity contribution < 1.29 is 4.79 Å². The fourth-order valence-electron chi connectivity index (χ4n) is 2.29. The van der Waals surface area contributed by atoms with Gasteiger partial charge in [0, 0.05) is 31.5 Å². The fourth-order valence-corrected chi connectivity index (χ4v) is 2.29. The minimum Gasteiger partial charge on any atom is -0.367 e. The van der Waals surface area contributed by atoms with Crippen molar-refractivity contribution in [2.75, 3.05) is 26.2 Å². The molecule has 1 aliphatic rings. The minimum absolute atomic E-state index is 0.183. The molecule has 2 heterocycles. The van der Waals surface area contributed by atoms with Crippen LogP contribution in [0.4, 0.5) is 0 Å². The Labute approximate surface area is 106 Å². The highest BCUT2D eigenvalue weighted by Gasteiger charge is 2.21. The van der Waals surface area contributed by atoms with Crippen molar-refractivity contribution >= 4 is 5.91 Å². The van der Waals surface area contributed by atoms with Crippen LogP contribution in [-0.2, 0) is 0 Å². The van der Waals surface area contributed by atoms with Crippen molar-refractivity contribution in [3.63, 3.8) is 0 Å². The number of nitrogens with one attached hydrogen (secondary N) is 2. The first-order chi connectivity index (χ1) is 8.70. The lowest BCUT2D eigenvalue weighted by molar-refractivity contribution is 0.0946. The molecule has 1 amide bonds. The highest BCUT2D eigenvalue weighted by molar-refractivity contribution is 5.93. The number of nitrogens with zero attached hydrogens (tertiary/aromatic N) is 1. The summed E-state index contributed by atoms with van der Waals surface area (Å²) in [6.07, 6.45) is 4.08. The van der Waals surface area contributed by atoms with Crippen molar-refractivity contribution in [1.82, 2.24) is 15.2 Å². The van der Waals surface area contributed by atoms with E-state index in [0.29, 0.717) is 12.5 Å². The summed E-state index contributed by atoms with van der Waals surface area (Å²) in [5.74, 6) is 0.212. The van der Waals surface area contributed by atoms with Crippen LogP contribution in [0.2, 0.25) is 0 Å². The van der Waals surface area contributed by atoms with Crippen LogP contribution in [0.25, 0.3) is 0 Å². The molecule has 0 radical (unpaired) electrons. The molecule has 98 valence electrons. The summed E-state index contributed by atoms with van der Waals surface area (Å²) in [7, 11) is 0. The van der Waals surface area contributed by atoms with Crippen molar-refractivity contribution in [1.29, 1.82) is 0 Å². The Bertz CT molecular complexity index is 469. The van der Waals surface area contributed by atoms with Crippen LogP contribution >= 0.6 is 0 Å². The number of hydrogen-bond donors (Lipinski definition) is 2. The predicted molar refractivity (Wildman–Crippen MR) is 69.6 cm³/mol. The Morgan fingerprint density at radius 2 is 2.44 bits per heavy atom. The van der Waals surface area contributed by atoms with E-state index in [-0.39, 0.29) is 16.9 Å². The molecule has 0 aliphatic carbocycles. The number of aromatic nitrogens is 1. The molecule has 0 aromatic carbocycles. The van der Waals surface area contributed by atoms with Gasteiger partial charge in [-0.15, -0.1) is 0 Å². The van der Waals surface area contributed by atoms with Gasteiger partial charge in [-0.1, -0.05) is 6.92 Å². The van der Waals surface area contributed by atoms with Crippen molar-refractivity contribution in [2.45, 2.75) is 13.3 Å². The molecule has 5 nitrogen and oxygen atoms in total. The molecule has 1 aromatic rings. The Morgan fingerprint density at radius 1 is 1.61 bits per heavy atom. The Kier molecular flexibility index (Phi) is 4.15. The Hall–Kier alpha value is -1.62. The van der Waals surface area contributed by atoms with E-state index < -0.39 is 0 Å². The van der Waals surface area contributed by atoms with Crippen LogP contribution in [0.1, 0.15) is 23.7 Å². The fraction of sp³-hybridized carbons (Fsp3) is 0.538. The number of carbonyl (C=O) groups excluding carboxylic acids is 1. The maximum Gasteiger partial charge on any atom is 0.256 e. The number of carbonyl (C=O) groups is 1. The lowest BCUT2D eigenvalue weighted by Gasteiger charge is -2.13. The monoisotopic (exact) mass is 249 g/mol. The first-order valence-corrected chi connectivity index (χ1v) is 6.38. The van der Waals surface area contributed by atoms with Crippen LogP contribution in [0.15, 0.2) is 23.3 Å². The predicted octanol–water partition coefficient (Wildman–Crippen LogP) is 0.446. The summed E-state index contributed by atoms with van der Waals surface area (Å²) in [6, 6.07) is 1.36. The van der Waals surface area contributed by atoms with Gasteiger partial charge >= 0.3 is 0 Å². The molecule has 0 spiro atoms. The van der Waals surface area contributed by atoms with Gasteiger partial charge in [-0.25, -0.2) is 0 Å². The van der Waals surface area contributed by atoms with Gasteiger partial charge in [0.05, 0.1) is 0 Å². The average molecular weight is 249 g/mol. The van der Waals surface area contributed by atoms with Crippen molar-refractivity contribution in [3.05, 3.63) is 34.2 Å². The van der Waals surface area contributed by atoms with Crippen LogP contribution in [0.3, 0.4) is 0 Å². The lowest BCUT2D eigenvalue weighted by Crippen LogP contribution is -2.33. The van der Waals surface area contributed by atoms with E-state index in [1.807, 2.05) is 0 Å². The van der Waals surface area contributed by atoms with Gasteiger partial charge in [0.25, 0.3) is 5.91 Å². The third-order valence-electron chi connectivity index (χ3n) is 3.44. The summed E-state index contributed by atoms with van der Waals surface area (Å²) in [4.78, 5) is 28.4. The van der Waals surface area contributed by atoms with Gasteiger partial charge in [0.1, 0.15) is 5.56 Å². The molecule has 5 heteroatoms. The molecule has 1 saturated heterocycles. The van der Waals surface area contributed by atoms with Crippen LogP contribution < -0.4 is 10.7 Å². The SMILES string of the molecule is CCN1CCC(CNC(=O)c2c[nH]ccc2=O)C1. The Morgan fingerprint density at radius 3 is 3.11 bits per heavy atom. The molecule has 0 saturated carbocycles. The molecular formula is C13H19N3O2. The number of hydrogen-bond acceptors (Lipinski definition) is 3. The van der Waals surface area contributed by atoms with Gasteiger partial charge in [-0.3, -0.25) is 9.59 Å². The number of H-pyrrole nitrogens is 1. The van der Waals surface area contributed by atoms with E-state index >= 15 is 0 Å². The minimum atomic E-state index is -0.285. The van der Waals surface area contributed by atoms with E-state index in [4.69, 9.17) is 0 Å². The summed E-state index contributed by atoms with van der Waals surface area (Å²) in [6.45, 7) is 5.97. The zero-order chi connectivity index (χ0) is 13.0. The molecule has 2 N–H and O–H groups in total. The molecule has 1 aliphatic heterocycles. The number of pyridine rings is 1. The quantitative estimate of drug-likeness (QED) is 0.814. The number of aromatic amines is 1. The van der Waals surface area contributed by atoms with E-state index in [1.165, 1.54) is 18.5 Å². The Balaban J connectivity index is 1.86. The number of rotatable bonds is 4. The largest absolute Gasteiger partial charge is 0.367 e. The topological polar surface area (TPSA) is 65.2 Å². The average Bonchev–Trinajstić information content (AvgIpc) is 2.84. The van der Waals surface area contributed by atoms with E-state index in [2.05, 4.69) is 22.1 Å². The van der Waals surface area contributed by atoms with Gasteiger partial charge in [-0.2, -0.15) is 0 Å². The summed E-state index contributed by atoms with van der Waals surface area (Å²) in [5.41, 5.74) is -0.0595. The van der Waals surface area contributed by atoms with Gasteiger partial charge in [0.2, 0.25) is 0 Å². The van der Waals surface area contributed by atoms with Crippen LogP contribution in [0.5, 0.6) is 0 Å². The molecule has 1 aromatic heterocycles. The molecule has 2 rings (SSSR count). The lowest BCUT2D eigenvalue weighted by atomic mass is 10.1. The van der Waals surface area contributed by atoms with Crippen LogP contribution in [0, 0.1) is 5.92 Å². The zero-order valence-electron chi connectivity index (χ0n) is 10.6. The number of likely N-dealkylation sites (tertiary alicyclic amines) is 1. The summed E-state index contributed by atoms with van der Waals surface area (Å²) < 4.78 is 0. The zero-order valence-corrected chi connectivity index (χ0v) is 10.6. The molecule has 18 heavy (non-hydrogen) atoms. The molecule has 0 bridgehead atoms. The molecule has 1 atom stereocenters. The maximum absolute atomic E-state index is 11.8.